The van der Waals surface area contributed by atoms with E-state index >= 15 is 0 Å². The van der Waals surface area contributed by atoms with Gasteiger partial charge in [-0.3, -0.25) is 0 Å². The minimum Gasteiger partial charge on any atom is -0.394 e. The molecule has 0 bridgehead atoms. The van der Waals surface area contributed by atoms with Gasteiger partial charge in [-0.15, -0.1) is 5.10 Å². The molecular weight excluding hydrogens is 468 g/mol. The van der Waals surface area contributed by atoms with E-state index in [0.717, 1.165) is 18.6 Å². The monoisotopic (exact) mass is 500 g/mol. The number of ether oxygens (including phenoxy) is 1. The van der Waals surface area contributed by atoms with Gasteiger partial charge in [0.2, 0.25) is 0 Å². The second-order valence-corrected chi connectivity index (χ2v) is 10.2. The van der Waals surface area contributed by atoms with Crippen molar-refractivity contribution in [2.24, 2.45) is 0 Å². The van der Waals surface area contributed by atoms with E-state index in [9.17, 15) is 10.2 Å². The summed E-state index contributed by atoms with van der Waals surface area (Å²) in [7, 11) is 0. The number of rotatable bonds is 10. The second kappa shape index (κ2) is 10.8. The van der Waals surface area contributed by atoms with Crippen LogP contribution in [0.4, 0.5) is 5.82 Å². The van der Waals surface area contributed by atoms with Gasteiger partial charge < -0.3 is 25.4 Å². The van der Waals surface area contributed by atoms with Gasteiger partial charge in [0.1, 0.15) is 12.2 Å². The van der Waals surface area contributed by atoms with E-state index in [1.165, 1.54) is 5.56 Å². The van der Waals surface area contributed by atoms with E-state index in [-0.39, 0.29) is 19.3 Å². The Balaban J connectivity index is 1.41. The Bertz CT molecular complexity index is 1130. The number of thioether (sulfide) groups is 1. The topological polar surface area (TPSA) is 138 Å². The molecule has 5 rings (SSSR count). The summed E-state index contributed by atoms with van der Waals surface area (Å²) in [5.74, 6) is 1.96. The fourth-order valence-corrected chi connectivity index (χ4v) is 5.46. The molecular formula is C24H32N6O4S. The summed E-state index contributed by atoms with van der Waals surface area (Å²) < 4.78 is 7.12. The summed E-state index contributed by atoms with van der Waals surface area (Å²) in [6.07, 6.45) is 0.356. The largest absolute Gasteiger partial charge is 0.394 e. The number of hydrogen-bond donors (Lipinski definition) is 4. The molecule has 6 atom stereocenters. The Labute approximate surface area is 208 Å². The number of aliphatic hydroxyl groups is 3. The van der Waals surface area contributed by atoms with Crippen molar-refractivity contribution in [3.8, 4) is 0 Å². The first-order valence-corrected chi connectivity index (χ1v) is 13.2. The Kier molecular flexibility index (Phi) is 7.49. The molecule has 35 heavy (non-hydrogen) atoms. The van der Waals surface area contributed by atoms with Crippen LogP contribution in [0.2, 0.25) is 0 Å². The fraction of sp³-hybridized carbons (Fsp3) is 0.583. The molecule has 0 radical (unpaired) electrons. The Morgan fingerprint density at radius 1 is 1.14 bits per heavy atom. The maximum absolute atomic E-state index is 10.9. The smallest absolute Gasteiger partial charge is 0.191 e. The predicted octanol–water partition coefficient (Wildman–Crippen LogP) is 2.13. The Hall–Kier alpha value is -2.31. The highest BCUT2D eigenvalue weighted by Gasteiger charge is 2.41. The predicted molar refractivity (Wildman–Crippen MR) is 132 cm³/mol. The van der Waals surface area contributed by atoms with Crippen LogP contribution in [-0.2, 0) is 4.74 Å². The van der Waals surface area contributed by atoms with Crippen LogP contribution in [0.3, 0.4) is 0 Å². The number of fused-ring (bicyclic) bond motifs is 1. The number of benzene rings is 1. The zero-order chi connectivity index (χ0) is 24.4. The minimum atomic E-state index is -1.10. The SMILES string of the molecule is CCCSc1nc(NC2CC2c2ccccc2)c2nnn([C@@H]3CC[C@H](OCCO)[C@@H](O)[C@H]3O)c2n1. The van der Waals surface area contributed by atoms with Crippen LogP contribution >= 0.6 is 11.8 Å². The van der Waals surface area contributed by atoms with Crippen LogP contribution in [0.15, 0.2) is 35.5 Å². The molecule has 10 nitrogen and oxygen atoms in total. The molecule has 2 unspecified atom stereocenters. The van der Waals surface area contributed by atoms with Gasteiger partial charge in [0.25, 0.3) is 0 Å². The quantitative estimate of drug-likeness (QED) is 0.242. The van der Waals surface area contributed by atoms with Gasteiger partial charge in [0.05, 0.1) is 25.4 Å². The first-order chi connectivity index (χ1) is 17.1. The normalized spacial score (nSPS) is 28.3. The third-order valence-electron chi connectivity index (χ3n) is 6.69. The van der Waals surface area contributed by atoms with Crippen LogP contribution in [0.5, 0.6) is 0 Å². The van der Waals surface area contributed by atoms with E-state index in [2.05, 4.69) is 46.8 Å². The lowest BCUT2D eigenvalue weighted by Crippen LogP contribution is -2.48. The van der Waals surface area contributed by atoms with Gasteiger partial charge in [-0.2, -0.15) is 0 Å². The Morgan fingerprint density at radius 3 is 2.74 bits per heavy atom. The van der Waals surface area contributed by atoms with Crippen LogP contribution in [0.1, 0.15) is 50.1 Å². The molecule has 3 aromatic rings. The van der Waals surface area contributed by atoms with Gasteiger partial charge >= 0.3 is 0 Å². The summed E-state index contributed by atoms with van der Waals surface area (Å²) in [4.78, 5) is 9.49. The van der Waals surface area contributed by atoms with Crippen LogP contribution in [-0.4, -0.2) is 83.6 Å². The van der Waals surface area contributed by atoms with Crippen molar-refractivity contribution in [3.63, 3.8) is 0 Å². The van der Waals surface area contributed by atoms with Crippen molar-refractivity contribution in [2.45, 2.75) is 74.1 Å². The van der Waals surface area contributed by atoms with Crippen molar-refractivity contribution < 1.29 is 20.1 Å². The summed E-state index contributed by atoms with van der Waals surface area (Å²) in [6, 6.07) is 10.2. The van der Waals surface area contributed by atoms with Gasteiger partial charge in [-0.25, -0.2) is 14.6 Å². The number of anilines is 1. The fourth-order valence-electron chi connectivity index (χ4n) is 4.77. The molecule has 2 fully saturated rings. The molecule has 0 amide bonds. The van der Waals surface area contributed by atoms with E-state index < -0.39 is 24.4 Å². The lowest BCUT2D eigenvalue weighted by atomic mass is 9.87. The van der Waals surface area contributed by atoms with Crippen molar-refractivity contribution in [1.82, 2.24) is 25.0 Å². The van der Waals surface area contributed by atoms with Crippen LogP contribution < -0.4 is 5.32 Å². The highest BCUT2D eigenvalue weighted by Crippen LogP contribution is 2.43. The minimum absolute atomic E-state index is 0.122. The van der Waals surface area contributed by atoms with E-state index in [0.29, 0.717) is 40.9 Å². The molecule has 0 saturated heterocycles. The molecule has 188 valence electrons. The molecule has 0 aliphatic heterocycles. The summed E-state index contributed by atoms with van der Waals surface area (Å²) in [6.45, 7) is 2.10. The third-order valence-corrected chi connectivity index (χ3v) is 7.74. The maximum atomic E-state index is 10.9. The number of aromatic nitrogens is 5. The number of nitrogens with one attached hydrogen (secondary N) is 1. The Morgan fingerprint density at radius 2 is 1.97 bits per heavy atom. The molecule has 2 aliphatic carbocycles. The maximum Gasteiger partial charge on any atom is 0.191 e. The first kappa shape index (κ1) is 24.4. The van der Waals surface area contributed by atoms with Crippen LogP contribution in [0, 0.1) is 0 Å². The average molecular weight is 501 g/mol. The zero-order valence-electron chi connectivity index (χ0n) is 19.7. The number of hydrogen-bond acceptors (Lipinski definition) is 10. The molecule has 11 heteroatoms. The summed E-state index contributed by atoms with van der Waals surface area (Å²) in [5, 5.41) is 43.4. The van der Waals surface area contributed by atoms with E-state index in [1.807, 2.05) is 6.07 Å². The van der Waals surface area contributed by atoms with Crippen molar-refractivity contribution in [2.75, 3.05) is 24.3 Å². The summed E-state index contributed by atoms with van der Waals surface area (Å²) >= 11 is 1.58. The van der Waals surface area contributed by atoms with E-state index in [4.69, 9.17) is 19.8 Å². The zero-order valence-corrected chi connectivity index (χ0v) is 20.5. The van der Waals surface area contributed by atoms with Crippen molar-refractivity contribution in [3.05, 3.63) is 35.9 Å². The van der Waals surface area contributed by atoms with Gasteiger partial charge in [0, 0.05) is 17.7 Å². The molecule has 2 aromatic heterocycles. The third kappa shape index (κ3) is 5.14. The summed E-state index contributed by atoms with van der Waals surface area (Å²) in [5.41, 5.74) is 2.41. The van der Waals surface area contributed by atoms with Gasteiger partial charge in [-0.1, -0.05) is 54.2 Å². The molecule has 2 aliphatic rings. The van der Waals surface area contributed by atoms with E-state index in [1.54, 1.807) is 16.4 Å². The number of aliphatic hydroxyl groups excluding tert-OH is 3. The first-order valence-electron chi connectivity index (χ1n) is 12.3. The van der Waals surface area contributed by atoms with Crippen molar-refractivity contribution >= 4 is 28.7 Å². The molecule has 0 spiro atoms. The number of nitrogens with zero attached hydrogens (tertiary/aromatic N) is 5. The van der Waals surface area contributed by atoms with Crippen molar-refractivity contribution in [1.29, 1.82) is 0 Å². The highest BCUT2D eigenvalue weighted by atomic mass is 32.2. The molecule has 4 N–H and O–H groups in total. The molecule has 2 heterocycles. The lowest BCUT2D eigenvalue weighted by molar-refractivity contribution is -0.134. The standard InChI is InChI=1S/C24H32N6O4S/c1-2-12-35-24-26-22(25-16-13-15(16)14-6-4-3-5-7-14)19-23(27-24)30(29-28-19)17-8-9-18(34-11-10-31)21(33)20(17)32/h3-7,15-18,20-21,31-33H,2,8-13H2,1H3,(H,25,26,27)/t15?,16?,17-,18+,20+,21-/m1/s1. The average Bonchev–Trinajstić information content (AvgIpc) is 3.52. The molecule has 1 aromatic carbocycles. The molecule has 2 saturated carbocycles. The second-order valence-electron chi connectivity index (χ2n) is 9.17. The van der Waals surface area contributed by atoms with Gasteiger partial charge in [-0.05, 0) is 31.2 Å². The lowest BCUT2D eigenvalue weighted by Gasteiger charge is -2.37. The van der Waals surface area contributed by atoms with Crippen LogP contribution in [0.25, 0.3) is 11.2 Å². The van der Waals surface area contributed by atoms with Gasteiger partial charge in [0.15, 0.2) is 22.1 Å². The highest BCUT2D eigenvalue weighted by molar-refractivity contribution is 7.99.